The number of rotatable bonds is 2. The molecule has 1 atom stereocenters. The molecule has 2 aromatic heterocycles. The van der Waals surface area contributed by atoms with E-state index in [0.717, 1.165) is 25.2 Å². The second-order valence-corrected chi connectivity index (χ2v) is 5.33. The Morgan fingerprint density at radius 2 is 2.35 bits per heavy atom. The van der Waals surface area contributed by atoms with Crippen molar-refractivity contribution in [3.8, 4) is 0 Å². The van der Waals surface area contributed by atoms with Crippen molar-refractivity contribution in [2.24, 2.45) is 5.92 Å². The van der Waals surface area contributed by atoms with Gasteiger partial charge in [-0.15, -0.1) is 10.2 Å². The lowest BCUT2D eigenvalue weighted by molar-refractivity contribution is 0.0620. The fourth-order valence-electron chi connectivity index (χ4n) is 2.72. The van der Waals surface area contributed by atoms with Gasteiger partial charge in [-0.3, -0.25) is 9.20 Å². The van der Waals surface area contributed by atoms with Gasteiger partial charge in [0.1, 0.15) is 5.82 Å². The largest absolute Gasteiger partial charge is 0.396 e. The van der Waals surface area contributed by atoms with Crippen LogP contribution < -0.4 is 0 Å². The smallest absolute Gasteiger partial charge is 0.254 e. The normalized spacial score (nSPS) is 19.5. The molecule has 1 amide bonds. The number of aliphatic hydroxyl groups is 1. The first kappa shape index (κ1) is 13.1. The molecule has 1 fully saturated rings. The molecule has 1 saturated heterocycles. The van der Waals surface area contributed by atoms with Gasteiger partial charge in [-0.05, 0) is 37.8 Å². The molecular formula is C14H18N4O2. The van der Waals surface area contributed by atoms with Gasteiger partial charge in [0, 0.05) is 31.5 Å². The van der Waals surface area contributed by atoms with Crippen LogP contribution >= 0.6 is 0 Å². The fourth-order valence-corrected chi connectivity index (χ4v) is 2.72. The van der Waals surface area contributed by atoms with Crippen LogP contribution in [0.5, 0.6) is 0 Å². The van der Waals surface area contributed by atoms with Gasteiger partial charge in [-0.25, -0.2) is 0 Å². The van der Waals surface area contributed by atoms with E-state index in [0.29, 0.717) is 17.8 Å². The maximum atomic E-state index is 12.5. The van der Waals surface area contributed by atoms with Gasteiger partial charge in [-0.1, -0.05) is 0 Å². The van der Waals surface area contributed by atoms with E-state index in [1.807, 2.05) is 22.4 Å². The third-order valence-corrected chi connectivity index (χ3v) is 3.89. The number of aliphatic hydroxyl groups excluding tert-OH is 1. The van der Waals surface area contributed by atoms with Crippen molar-refractivity contribution in [3.63, 3.8) is 0 Å². The zero-order chi connectivity index (χ0) is 14.1. The molecular weight excluding hydrogens is 256 g/mol. The third-order valence-electron chi connectivity index (χ3n) is 3.89. The molecule has 0 saturated carbocycles. The highest BCUT2D eigenvalue weighted by molar-refractivity contribution is 5.95. The molecule has 1 aliphatic heterocycles. The number of carbonyl (C=O) groups is 1. The van der Waals surface area contributed by atoms with Crippen LogP contribution in [-0.4, -0.2) is 50.2 Å². The van der Waals surface area contributed by atoms with Crippen LogP contribution in [-0.2, 0) is 0 Å². The fraction of sp³-hybridized carbons (Fsp3) is 0.500. The number of aromatic nitrogens is 3. The predicted molar refractivity (Wildman–Crippen MR) is 73.4 cm³/mol. The monoisotopic (exact) mass is 274 g/mol. The first-order valence-electron chi connectivity index (χ1n) is 6.90. The number of aryl methyl sites for hydroxylation is 1. The second kappa shape index (κ2) is 5.20. The first-order valence-corrected chi connectivity index (χ1v) is 6.90. The van der Waals surface area contributed by atoms with Crippen LogP contribution in [0, 0.1) is 12.8 Å². The predicted octanol–water partition coefficient (Wildman–Crippen LogP) is 0.882. The number of likely N-dealkylation sites (tertiary alicyclic amines) is 1. The molecule has 1 N–H and O–H groups in total. The summed E-state index contributed by atoms with van der Waals surface area (Å²) in [5.74, 6) is 1.01. The van der Waals surface area contributed by atoms with Gasteiger partial charge in [0.05, 0.1) is 0 Å². The molecule has 0 radical (unpaired) electrons. The van der Waals surface area contributed by atoms with Crippen molar-refractivity contribution in [2.75, 3.05) is 19.7 Å². The highest BCUT2D eigenvalue weighted by Gasteiger charge is 2.24. The summed E-state index contributed by atoms with van der Waals surface area (Å²) >= 11 is 0. The molecule has 3 rings (SSSR count). The van der Waals surface area contributed by atoms with Crippen molar-refractivity contribution >= 4 is 11.6 Å². The van der Waals surface area contributed by atoms with E-state index in [9.17, 15) is 9.90 Å². The Bertz CT molecular complexity index is 637. The van der Waals surface area contributed by atoms with Crippen LogP contribution in [0.2, 0.25) is 0 Å². The number of hydrogen-bond donors (Lipinski definition) is 1. The van der Waals surface area contributed by atoms with Gasteiger partial charge in [-0.2, -0.15) is 0 Å². The van der Waals surface area contributed by atoms with E-state index in [-0.39, 0.29) is 18.4 Å². The SMILES string of the molecule is Cc1nnc2cc(C(=O)N3CCCC(CO)C3)ccn12. The number of hydrogen-bond acceptors (Lipinski definition) is 4. The first-order chi connectivity index (χ1) is 9.69. The number of piperidine rings is 1. The molecule has 0 aliphatic carbocycles. The number of pyridine rings is 1. The van der Waals surface area contributed by atoms with Crippen LogP contribution in [0.3, 0.4) is 0 Å². The van der Waals surface area contributed by atoms with Crippen LogP contribution in [0.15, 0.2) is 18.3 Å². The second-order valence-electron chi connectivity index (χ2n) is 5.33. The van der Waals surface area contributed by atoms with Crippen molar-refractivity contribution in [3.05, 3.63) is 29.7 Å². The van der Waals surface area contributed by atoms with E-state index in [1.165, 1.54) is 0 Å². The van der Waals surface area contributed by atoms with E-state index in [2.05, 4.69) is 10.2 Å². The van der Waals surface area contributed by atoms with Gasteiger partial charge in [0.25, 0.3) is 5.91 Å². The maximum absolute atomic E-state index is 12.5. The van der Waals surface area contributed by atoms with Crippen molar-refractivity contribution in [1.29, 1.82) is 0 Å². The van der Waals surface area contributed by atoms with E-state index >= 15 is 0 Å². The summed E-state index contributed by atoms with van der Waals surface area (Å²) in [7, 11) is 0. The van der Waals surface area contributed by atoms with E-state index in [4.69, 9.17) is 0 Å². The van der Waals surface area contributed by atoms with E-state index in [1.54, 1.807) is 12.1 Å². The van der Waals surface area contributed by atoms with Gasteiger partial charge in [0.15, 0.2) is 5.65 Å². The van der Waals surface area contributed by atoms with Gasteiger partial charge in [0.2, 0.25) is 0 Å². The van der Waals surface area contributed by atoms with Crippen molar-refractivity contribution in [2.45, 2.75) is 19.8 Å². The molecule has 1 unspecified atom stereocenters. The number of amides is 1. The summed E-state index contributed by atoms with van der Waals surface area (Å²) in [6.45, 7) is 3.41. The summed E-state index contributed by atoms with van der Waals surface area (Å²) in [5.41, 5.74) is 1.31. The standard InChI is InChI=1S/C14H18N4O2/c1-10-15-16-13-7-12(4-6-18(10)13)14(20)17-5-2-3-11(8-17)9-19/h4,6-7,11,19H,2-3,5,8-9H2,1H3. The minimum Gasteiger partial charge on any atom is -0.396 e. The van der Waals surface area contributed by atoms with Gasteiger partial charge >= 0.3 is 0 Å². The maximum Gasteiger partial charge on any atom is 0.254 e. The van der Waals surface area contributed by atoms with Crippen LogP contribution in [0.4, 0.5) is 0 Å². The lowest BCUT2D eigenvalue weighted by Crippen LogP contribution is -2.40. The molecule has 0 aromatic carbocycles. The quantitative estimate of drug-likeness (QED) is 0.882. The Kier molecular flexibility index (Phi) is 3.40. The molecule has 2 aromatic rings. The summed E-state index contributed by atoms with van der Waals surface area (Å²) in [4.78, 5) is 14.3. The lowest BCUT2D eigenvalue weighted by atomic mass is 9.98. The molecule has 1 aliphatic rings. The zero-order valence-corrected chi connectivity index (χ0v) is 11.5. The molecule has 106 valence electrons. The summed E-state index contributed by atoms with van der Waals surface area (Å²) < 4.78 is 1.85. The van der Waals surface area contributed by atoms with Crippen molar-refractivity contribution < 1.29 is 9.90 Å². The Labute approximate surface area is 117 Å². The lowest BCUT2D eigenvalue weighted by Gasteiger charge is -2.31. The Morgan fingerprint density at radius 3 is 3.15 bits per heavy atom. The third kappa shape index (κ3) is 2.27. The van der Waals surface area contributed by atoms with Crippen molar-refractivity contribution in [1.82, 2.24) is 19.5 Å². The number of nitrogens with zero attached hydrogens (tertiary/aromatic N) is 4. The zero-order valence-electron chi connectivity index (χ0n) is 11.5. The molecule has 3 heterocycles. The number of fused-ring (bicyclic) bond motifs is 1. The average Bonchev–Trinajstić information content (AvgIpc) is 2.87. The molecule has 6 heteroatoms. The Hall–Kier alpha value is -1.95. The Balaban J connectivity index is 1.84. The summed E-state index contributed by atoms with van der Waals surface area (Å²) in [6.07, 6.45) is 3.76. The summed E-state index contributed by atoms with van der Waals surface area (Å²) in [5, 5.41) is 17.3. The minimum atomic E-state index is 0.00584. The molecule has 0 bridgehead atoms. The number of carbonyl (C=O) groups excluding carboxylic acids is 1. The Morgan fingerprint density at radius 1 is 1.50 bits per heavy atom. The van der Waals surface area contributed by atoms with Crippen LogP contribution in [0.25, 0.3) is 5.65 Å². The van der Waals surface area contributed by atoms with E-state index < -0.39 is 0 Å². The minimum absolute atomic E-state index is 0.00584. The molecule has 6 nitrogen and oxygen atoms in total. The molecule has 20 heavy (non-hydrogen) atoms. The van der Waals surface area contributed by atoms with Gasteiger partial charge < -0.3 is 10.0 Å². The molecule has 0 spiro atoms. The average molecular weight is 274 g/mol. The van der Waals surface area contributed by atoms with Crippen LogP contribution in [0.1, 0.15) is 29.0 Å². The topological polar surface area (TPSA) is 70.7 Å². The highest BCUT2D eigenvalue weighted by Crippen LogP contribution is 2.18. The summed E-state index contributed by atoms with van der Waals surface area (Å²) in [6, 6.07) is 3.57. The highest BCUT2D eigenvalue weighted by atomic mass is 16.3.